The number of fused-ring (bicyclic) bond motifs is 1. The highest BCUT2D eigenvalue weighted by atomic mass is 16.3. The summed E-state index contributed by atoms with van der Waals surface area (Å²) in [6.07, 6.45) is 1.51. The zero-order chi connectivity index (χ0) is 21.3. The summed E-state index contributed by atoms with van der Waals surface area (Å²) in [5.74, 6) is 0. The molecule has 31 heavy (non-hydrogen) atoms. The standard InChI is InChI=1S/C28H24N2O/c1-21(31)25-18-11-19-27-26(25)20-30(29-27)28(22-12-5-2-6-13-22,23-14-7-3-8-15-23)24-16-9-4-10-17-24/h2-21,31H,1H3. The smallest absolute Gasteiger partial charge is 0.138 e. The van der Waals surface area contributed by atoms with Crippen LogP contribution in [0, 0.1) is 0 Å². The molecular weight excluding hydrogens is 380 g/mol. The summed E-state index contributed by atoms with van der Waals surface area (Å²) in [5.41, 5.74) is 4.47. The first-order chi connectivity index (χ1) is 15.2. The van der Waals surface area contributed by atoms with Crippen molar-refractivity contribution in [3.63, 3.8) is 0 Å². The topological polar surface area (TPSA) is 38.1 Å². The molecule has 0 radical (unpaired) electrons. The van der Waals surface area contributed by atoms with Gasteiger partial charge in [0, 0.05) is 11.6 Å². The summed E-state index contributed by atoms with van der Waals surface area (Å²) >= 11 is 0. The lowest BCUT2D eigenvalue weighted by molar-refractivity contribution is 0.201. The third-order valence-electron chi connectivity index (χ3n) is 5.95. The number of benzene rings is 4. The van der Waals surface area contributed by atoms with Gasteiger partial charge in [-0.1, -0.05) is 103 Å². The number of rotatable bonds is 5. The summed E-state index contributed by atoms with van der Waals surface area (Å²) in [6.45, 7) is 1.80. The van der Waals surface area contributed by atoms with Crippen LogP contribution in [-0.4, -0.2) is 14.9 Å². The number of aliphatic hydroxyl groups excluding tert-OH is 1. The van der Waals surface area contributed by atoms with Crippen molar-refractivity contribution >= 4 is 10.9 Å². The highest BCUT2D eigenvalue weighted by Gasteiger charge is 2.39. The first-order valence-electron chi connectivity index (χ1n) is 10.5. The minimum Gasteiger partial charge on any atom is -0.389 e. The molecule has 4 aromatic carbocycles. The Kier molecular flexibility index (Phi) is 4.89. The Morgan fingerprint density at radius 2 is 1.16 bits per heavy atom. The molecule has 1 aromatic heterocycles. The van der Waals surface area contributed by atoms with Crippen molar-refractivity contribution in [1.82, 2.24) is 9.78 Å². The van der Waals surface area contributed by atoms with Gasteiger partial charge < -0.3 is 5.11 Å². The van der Waals surface area contributed by atoms with E-state index in [1.807, 2.05) is 36.4 Å². The van der Waals surface area contributed by atoms with Crippen LogP contribution in [0.15, 0.2) is 115 Å². The molecule has 5 aromatic rings. The average molecular weight is 405 g/mol. The van der Waals surface area contributed by atoms with Crippen molar-refractivity contribution in [1.29, 1.82) is 0 Å². The van der Waals surface area contributed by atoms with Crippen LogP contribution in [0.5, 0.6) is 0 Å². The fraction of sp³-hybridized carbons (Fsp3) is 0.107. The van der Waals surface area contributed by atoms with E-state index in [9.17, 15) is 5.11 Å². The van der Waals surface area contributed by atoms with Gasteiger partial charge in [-0.2, -0.15) is 5.10 Å². The second kappa shape index (κ2) is 7.86. The lowest BCUT2D eigenvalue weighted by atomic mass is 9.77. The molecular formula is C28H24N2O. The Morgan fingerprint density at radius 1 is 0.677 bits per heavy atom. The van der Waals surface area contributed by atoms with Gasteiger partial charge in [-0.15, -0.1) is 0 Å². The van der Waals surface area contributed by atoms with Gasteiger partial charge in [0.05, 0.1) is 11.6 Å². The summed E-state index contributed by atoms with van der Waals surface area (Å²) in [6, 6.07) is 37.4. The average Bonchev–Trinajstić information content (AvgIpc) is 3.26. The van der Waals surface area contributed by atoms with Crippen LogP contribution in [0.1, 0.15) is 35.3 Å². The highest BCUT2D eigenvalue weighted by molar-refractivity contribution is 5.82. The molecule has 0 spiro atoms. The monoisotopic (exact) mass is 404 g/mol. The molecule has 1 heterocycles. The van der Waals surface area contributed by atoms with Crippen LogP contribution < -0.4 is 0 Å². The van der Waals surface area contributed by atoms with Crippen molar-refractivity contribution in [2.75, 3.05) is 0 Å². The van der Waals surface area contributed by atoms with E-state index in [1.165, 1.54) is 0 Å². The van der Waals surface area contributed by atoms with Gasteiger partial charge in [-0.25, -0.2) is 0 Å². The predicted octanol–water partition coefficient (Wildman–Crippen LogP) is 5.93. The maximum absolute atomic E-state index is 10.3. The number of aliphatic hydroxyl groups is 1. The molecule has 0 saturated heterocycles. The maximum Gasteiger partial charge on any atom is 0.138 e. The van der Waals surface area contributed by atoms with Crippen molar-refractivity contribution in [3.8, 4) is 0 Å². The highest BCUT2D eigenvalue weighted by Crippen LogP contribution is 2.41. The van der Waals surface area contributed by atoms with Crippen molar-refractivity contribution < 1.29 is 5.11 Å². The molecule has 3 heteroatoms. The Labute approximate surface area is 182 Å². The van der Waals surface area contributed by atoms with Gasteiger partial charge in [0.2, 0.25) is 0 Å². The molecule has 0 amide bonds. The normalized spacial score (nSPS) is 12.7. The minimum atomic E-state index is -0.654. The second-order valence-corrected chi connectivity index (χ2v) is 7.84. The van der Waals surface area contributed by atoms with E-state index in [4.69, 9.17) is 5.10 Å². The molecule has 1 atom stereocenters. The van der Waals surface area contributed by atoms with Gasteiger partial charge in [0.1, 0.15) is 5.54 Å². The summed E-state index contributed by atoms with van der Waals surface area (Å²) < 4.78 is 2.06. The molecule has 0 aliphatic rings. The number of hydrogen-bond donors (Lipinski definition) is 1. The van der Waals surface area contributed by atoms with E-state index in [0.717, 1.165) is 33.2 Å². The molecule has 5 rings (SSSR count). The van der Waals surface area contributed by atoms with Crippen LogP contribution in [0.4, 0.5) is 0 Å². The molecule has 3 nitrogen and oxygen atoms in total. The summed E-state index contributed by atoms with van der Waals surface area (Å²) in [4.78, 5) is 0. The van der Waals surface area contributed by atoms with Gasteiger partial charge in [-0.05, 0) is 35.2 Å². The molecule has 0 aliphatic heterocycles. The zero-order valence-corrected chi connectivity index (χ0v) is 17.4. The van der Waals surface area contributed by atoms with Crippen LogP contribution in [0.25, 0.3) is 10.9 Å². The third-order valence-corrected chi connectivity index (χ3v) is 5.95. The first-order valence-corrected chi connectivity index (χ1v) is 10.5. The van der Waals surface area contributed by atoms with Crippen molar-refractivity contribution in [2.45, 2.75) is 18.6 Å². The maximum atomic E-state index is 10.3. The summed E-state index contributed by atoms with van der Waals surface area (Å²) in [7, 11) is 0. The van der Waals surface area contributed by atoms with Crippen molar-refractivity contribution in [2.24, 2.45) is 0 Å². The Morgan fingerprint density at radius 3 is 1.61 bits per heavy atom. The minimum absolute atomic E-state index is 0.569. The van der Waals surface area contributed by atoms with E-state index in [-0.39, 0.29) is 0 Å². The fourth-order valence-corrected chi connectivity index (χ4v) is 4.54. The van der Waals surface area contributed by atoms with E-state index < -0.39 is 11.6 Å². The van der Waals surface area contributed by atoms with E-state index in [0.29, 0.717) is 0 Å². The molecule has 0 saturated carbocycles. The van der Waals surface area contributed by atoms with Gasteiger partial charge in [0.25, 0.3) is 0 Å². The predicted molar refractivity (Wildman–Crippen MR) is 125 cm³/mol. The SMILES string of the molecule is CC(O)c1cccc2nn(C(c3ccccc3)(c3ccccc3)c3ccccc3)cc12. The molecule has 1 unspecified atom stereocenters. The van der Waals surface area contributed by atoms with Gasteiger partial charge in [0.15, 0.2) is 0 Å². The Balaban J connectivity index is 1.91. The lowest BCUT2D eigenvalue weighted by Gasteiger charge is -2.36. The number of nitrogens with zero attached hydrogens (tertiary/aromatic N) is 2. The molecule has 0 bridgehead atoms. The molecule has 0 aliphatic carbocycles. The van der Waals surface area contributed by atoms with E-state index >= 15 is 0 Å². The van der Waals surface area contributed by atoms with Crippen LogP contribution in [0.2, 0.25) is 0 Å². The van der Waals surface area contributed by atoms with E-state index in [1.54, 1.807) is 6.92 Å². The molecule has 152 valence electrons. The fourth-order valence-electron chi connectivity index (χ4n) is 4.54. The van der Waals surface area contributed by atoms with Crippen molar-refractivity contribution in [3.05, 3.63) is 138 Å². The van der Waals surface area contributed by atoms with E-state index in [2.05, 4.69) is 83.7 Å². The van der Waals surface area contributed by atoms with Gasteiger partial charge >= 0.3 is 0 Å². The van der Waals surface area contributed by atoms with Crippen LogP contribution in [-0.2, 0) is 5.54 Å². The molecule has 0 fully saturated rings. The van der Waals surface area contributed by atoms with Crippen LogP contribution in [0.3, 0.4) is 0 Å². The second-order valence-electron chi connectivity index (χ2n) is 7.84. The third kappa shape index (κ3) is 3.15. The lowest BCUT2D eigenvalue weighted by Crippen LogP contribution is -2.38. The molecule has 1 N–H and O–H groups in total. The number of hydrogen-bond acceptors (Lipinski definition) is 2. The quantitative estimate of drug-likeness (QED) is 0.369. The Hall–Kier alpha value is -3.69. The largest absolute Gasteiger partial charge is 0.389 e. The van der Waals surface area contributed by atoms with Crippen LogP contribution >= 0.6 is 0 Å². The Bertz CT molecular complexity index is 1200. The zero-order valence-electron chi connectivity index (χ0n) is 17.4. The van der Waals surface area contributed by atoms with Gasteiger partial charge in [-0.3, -0.25) is 4.68 Å². The number of aromatic nitrogens is 2. The summed E-state index contributed by atoms with van der Waals surface area (Å²) in [5, 5.41) is 16.4. The first kappa shape index (κ1) is 19.3.